The predicted molar refractivity (Wildman–Crippen MR) is 110 cm³/mol. The van der Waals surface area contributed by atoms with Crippen LogP contribution in [0.1, 0.15) is 12.8 Å². The zero-order valence-electron chi connectivity index (χ0n) is 17.1. The second kappa shape index (κ2) is 10.4. The SMILES string of the molecule is Fc1ccc(OC2CCN(CCn3ncc4ccccc43)CC2)cc1.O=C(O)C(F)(F)F. The van der Waals surface area contributed by atoms with Gasteiger partial charge in [-0.25, -0.2) is 9.18 Å². The van der Waals surface area contributed by atoms with Gasteiger partial charge in [0.2, 0.25) is 0 Å². The van der Waals surface area contributed by atoms with Gasteiger partial charge in [-0.15, -0.1) is 0 Å². The number of carboxylic acids is 1. The number of benzene rings is 2. The minimum absolute atomic E-state index is 0.215. The lowest BCUT2D eigenvalue weighted by Gasteiger charge is -2.32. The topological polar surface area (TPSA) is 67.6 Å². The summed E-state index contributed by atoms with van der Waals surface area (Å²) in [7, 11) is 0. The molecule has 0 bridgehead atoms. The van der Waals surface area contributed by atoms with Crippen LogP contribution in [0.4, 0.5) is 17.6 Å². The molecule has 0 aliphatic carbocycles. The lowest BCUT2D eigenvalue weighted by molar-refractivity contribution is -0.192. The molecule has 4 rings (SSSR count). The molecule has 0 spiro atoms. The number of aliphatic carboxylic acids is 1. The Labute approximate surface area is 182 Å². The van der Waals surface area contributed by atoms with Gasteiger partial charge >= 0.3 is 12.1 Å². The van der Waals surface area contributed by atoms with E-state index >= 15 is 0 Å². The summed E-state index contributed by atoms with van der Waals surface area (Å²) in [5, 5.41) is 12.8. The number of carboxylic acid groups (broad SMARTS) is 1. The minimum Gasteiger partial charge on any atom is -0.490 e. The Bertz CT molecular complexity index is 1010. The van der Waals surface area contributed by atoms with Crippen LogP contribution < -0.4 is 4.74 Å². The molecule has 0 radical (unpaired) electrons. The summed E-state index contributed by atoms with van der Waals surface area (Å²) in [6, 6.07) is 14.6. The van der Waals surface area contributed by atoms with Gasteiger partial charge in [-0.2, -0.15) is 18.3 Å². The highest BCUT2D eigenvalue weighted by molar-refractivity contribution is 5.78. The van der Waals surface area contributed by atoms with Gasteiger partial charge in [0.1, 0.15) is 17.7 Å². The van der Waals surface area contributed by atoms with Crippen LogP contribution in [0.3, 0.4) is 0 Å². The maximum Gasteiger partial charge on any atom is 0.490 e. The normalized spacial score (nSPS) is 15.2. The summed E-state index contributed by atoms with van der Waals surface area (Å²) in [6.45, 7) is 3.93. The van der Waals surface area contributed by atoms with Gasteiger partial charge < -0.3 is 14.7 Å². The molecule has 1 aromatic heterocycles. The standard InChI is InChI=1S/C20H22FN3O.C2HF3O2/c21-17-5-7-18(8-6-17)25-19-9-11-23(12-10-19)13-14-24-20-4-2-1-3-16(20)15-22-24;3-2(4,5)1(6)7/h1-8,15,19H,9-14H2;(H,6,7). The van der Waals surface area contributed by atoms with Crippen molar-refractivity contribution in [2.24, 2.45) is 0 Å². The molecule has 6 nitrogen and oxygen atoms in total. The summed E-state index contributed by atoms with van der Waals surface area (Å²) in [6.07, 6.45) is -0.945. The van der Waals surface area contributed by atoms with Crippen LogP contribution in [0.2, 0.25) is 0 Å². The van der Waals surface area contributed by atoms with Crippen LogP contribution >= 0.6 is 0 Å². The first kappa shape index (κ1) is 23.5. The molecule has 2 aromatic carbocycles. The smallest absolute Gasteiger partial charge is 0.490 e. The third-order valence-electron chi connectivity index (χ3n) is 5.07. The van der Waals surface area contributed by atoms with E-state index in [0.29, 0.717) is 0 Å². The van der Waals surface area contributed by atoms with E-state index < -0.39 is 12.1 Å². The van der Waals surface area contributed by atoms with Crippen LogP contribution in [0.5, 0.6) is 5.75 Å². The predicted octanol–water partition coefficient (Wildman–Crippen LogP) is 4.35. The molecule has 172 valence electrons. The van der Waals surface area contributed by atoms with Gasteiger partial charge in [0.15, 0.2) is 0 Å². The Morgan fingerprint density at radius 3 is 2.31 bits per heavy atom. The molecule has 1 aliphatic rings. The fourth-order valence-electron chi connectivity index (χ4n) is 3.40. The van der Waals surface area contributed by atoms with Gasteiger partial charge in [-0.3, -0.25) is 4.68 Å². The maximum absolute atomic E-state index is 12.9. The number of piperidine rings is 1. The van der Waals surface area contributed by atoms with E-state index in [1.165, 1.54) is 23.0 Å². The first-order chi connectivity index (χ1) is 15.2. The molecule has 0 amide bonds. The Balaban J connectivity index is 0.000000360. The lowest BCUT2D eigenvalue weighted by atomic mass is 10.1. The first-order valence-electron chi connectivity index (χ1n) is 10.1. The molecule has 0 unspecified atom stereocenters. The lowest BCUT2D eigenvalue weighted by Crippen LogP contribution is -2.39. The highest BCUT2D eigenvalue weighted by Gasteiger charge is 2.38. The van der Waals surface area contributed by atoms with E-state index in [9.17, 15) is 17.6 Å². The van der Waals surface area contributed by atoms with Gasteiger partial charge in [0.05, 0.1) is 18.3 Å². The molecule has 10 heteroatoms. The molecular weight excluding hydrogens is 430 g/mol. The van der Waals surface area contributed by atoms with Crippen molar-refractivity contribution in [1.82, 2.24) is 14.7 Å². The number of para-hydroxylation sites is 1. The first-order valence-corrected chi connectivity index (χ1v) is 10.1. The van der Waals surface area contributed by atoms with Gasteiger partial charge in [-0.05, 0) is 43.2 Å². The van der Waals surface area contributed by atoms with E-state index in [1.54, 1.807) is 12.1 Å². The summed E-state index contributed by atoms with van der Waals surface area (Å²) in [5.74, 6) is -2.23. The number of alkyl halides is 3. The van der Waals surface area contributed by atoms with Crippen LogP contribution in [-0.4, -0.2) is 57.7 Å². The monoisotopic (exact) mass is 453 g/mol. The summed E-state index contributed by atoms with van der Waals surface area (Å²) in [4.78, 5) is 11.4. The van der Waals surface area contributed by atoms with Crippen molar-refractivity contribution in [3.8, 4) is 5.75 Å². The average molecular weight is 453 g/mol. The highest BCUT2D eigenvalue weighted by Crippen LogP contribution is 2.20. The largest absolute Gasteiger partial charge is 0.490 e. The summed E-state index contributed by atoms with van der Waals surface area (Å²) < 4.78 is 52.7. The number of halogens is 4. The quantitative estimate of drug-likeness (QED) is 0.582. The number of hydrogen-bond acceptors (Lipinski definition) is 4. The van der Waals surface area contributed by atoms with Crippen LogP contribution in [0.15, 0.2) is 54.7 Å². The molecule has 1 aliphatic heterocycles. The second-order valence-corrected chi connectivity index (χ2v) is 7.34. The summed E-state index contributed by atoms with van der Waals surface area (Å²) in [5.41, 5.74) is 1.19. The van der Waals surface area contributed by atoms with Gasteiger partial charge in [0.25, 0.3) is 0 Å². The Morgan fingerprint density at radius 2 is 1.69 bits per heavy atom. The Hall–Kier alpha value is -3.14. The van der Waals surface area contributed by atoms with Crippen molar-refractivity contribution in [1.29, 1.82) is 0 Å². The van der Waals surface area contributed by atoms with Crippen molar-refractivity contribution in [2.75, 3.05) is 19.6 Å². The number of likely N-dealkylation sites (tertiary alicyclic amines) is 1. The average Bonchev–Trinajstić information content (AvgIpc) is 3.18. The number of ether oxygens (including phenoxy) is 1. The second-order valence-electron chi connectivity index (χ2n) is 7.34. The molecule has 1 saturated heterocycles. The molecule has 1 N–H and O–H groups in total. The number of aromatic nitrogens is 2. The minimum atomic E-state index is -5.08. The zero-order valence-corrected chi connectivity index (χ0v) is 17.1. The summed E-state index contributed by atoms with van der Waals surface area (Å²) >= 11 is 0. The molecule has 2 heterocycles. The van der Waals surface area contributed by atoms with E-state index in [1.807, 2.05) is 12.3 Å². The highest BCUT2D eigenvalue weighted by atomic mass is 19.4. The van der Waals surface area contributed by atoms with Crippen molar-refractivity contribution < 1.29 is 32.2 Å². The van der Waals surface area contributed by atoms with Crippen molar-refractivity contribution in [2.45, 2.75) is 31.7 Å². The Kier molecular flexibility index (Phi) is 7.68. The van der Waals surface area contributed by atoms with Crippen LogP contribution in [0, 0.1) is 5.82 Å². The van der Waals surface area contributed by atoms with Crippen LogP contribution in [0.25, 0.3) is 10.9 Å². The fourth-order valence-corrected chi connectivity index (χ4v) is 3.40. The van der Waals surface area contributed by atoms with Crippen molar-refractivity contribution >= 4 is 16.9 Å². The fraction of sp³-hybridized carbons (Fsp3) is 0.364. The number of fused-ring (bicyclic) bond motifs is 1. The van der Waals surface area contributed by atoms with Crippen LogP contribution in [-0.2, 0) is 11.3 Å². The van der Waals surface area contributed by atoms with E-state index in [4.69, 9.17) is 14.6 Å². The van der Waals surface area contributed by atoms with E-state index in [-0.39, 0.29) is 11.9 Å². The molecule has 1 fully saturated rings. The van der Waals surface area contributed by atoms with Crippen molar-refractivity contribution in [3.63, 3.8) is 0 Å². The van der Waals surface area contributed by atoms with Crippen molar-refractivity contribution in [3.05, 3.63) is 60.5 Å². The number of rotatable bonds is 5. The number of hydrogen-bond donors (Lipinski definition) is 1. The number of nitrogens with zero attached hydrogens (tertiary/aromatic N) is 3. The molecule has 0 atom stereocenters. The zero-order chi connectivity index (χ0) is 23.1. The Morgan fingerprint density at radius 1 is 1.06 bits per heavy atom. The molecule has 32 heavy (non-hydrogen) atoms. The third kappa shape index (κ3) is 6.68. The maximum atomic E-state index is 12.9. The van der Waals surface area contributed by atoms with E-state index in [2.05, 4.69) is 32.9 Å². The molecule has 3 aromatic rings. The molecule has 0 saturated carbocycles. The van der Waals surface area contributed by atoms with E-state index in [0.717, 1.165) is 44.8 Å². The third-order valence-corrected chi connectivity index (χ3v) is 5.07. The number of carbonyl (C=O) groups is 1. The van der Waals surface area contributed by atoms with Gasteiger partial charge in [-0.1, -0.05) is 18.2 Å². The van der Waals surface area contributed by atoms with Gasteiger partial charge in [0, 0.05) is 25.0 Å². The molecular formula is C22H23F4N3O3.